The number of carbonyl (C=O) groups is 1. The molecule has 3 rings (SSSR count). The summed E-state index contributed by atoms with van der Waals surface area (Å²) in [4.78, 5) is 14.3. The molecule has 0 spiro atoms. The van der Waals surface area contributed by atoms with Gasteiger partial charge in [-0.3, -0.25) is 9.69 Å². The van der Waals surface area contributed by atoms with Crippen LogP contribution in [-0.4, -0.2) is 49.2 Å². The van der Waals surface area contributed by atoms with Gasteiger partial charge in [-0.15, -0.1) is 0 Å². The summed E-state index contributed by atoms with van der Waals surface area (Å²) in [5.74, 6) is 0.454. The lowest BCUT2D eigenvalue weighted by atomic mass is 10.1. The maximum atomic E-state index is 11.7. The van der Waals surface area contributed by atoms with E-state index in [1.54, 1.807) is 0 Å². The molecule has 4 heteroatoms. The summed E-state index contributed by atoms with van der Waals surface area (Å²) in [5.41, 5.74) is 0. The lowest BCUT2D eigenvalue weighted by molar-refractivity contribution is -0.143. The van der Waals surface area contributed by atoms with E-state index in [9.17, 15) is 4.79 Å². The number of hydrogen-bond donors (Lipinski definition) is 1. The lowest BCUT2D eigenvalue weighted by Gasteiger charge is -2.21. The summed E-state index contributed by atoms with van der Waals surface area (Å²) < 4.78 is 4.90. The van der Waals surface area contributed by atoms with E-state index in [4.69, 9.17) is 4.74 Å². The fraction of sp³-hybridized carbons (Fsp3) is 0.923. The number of hydrogen-bond acceptors (Lipinski definition) is 4. The highest BCUT2D eigenvalue weighted by molar-refractivity contribution is 5.76. The smallest absolute Gasteiger partial charge is 0.323 e. The molecule has 0 bridgehead atoms. The van der Waals surface area contributed by atoms with E-state index in [0.717, 1.165) is 12.6 Å². The zero-order valence-corrected chi connectivity index (χ0v) is 10.5. The fourth-order valence-electron chi connectivity index (χ4n) is 2.90. The topological polar surface area (TPSA) is 41.6 Å². The molecule has 2 unspecified atom stereocenters. The number of nitrogens with one attached hydrogen (secondary N) is 1. The van der Waals surface area contributed by atoms with Crippen molar-refractivity contribution < 1.29 is 9.53 Å². The first kappa shape index (κ1) is 11.5. The van der Waals surface area contributed by atoms with Crippen molar-refractivity contribution in [3.05, 3.63) is 0 Å². The average molecular weight is 238 g/mol. The van der Waals surface area contributed by atoms with Crippen LogP contribution in [0.2, 0.25) is 0 Å². The second kappa shape index (κ2) is 4.58. The fourth-order valence-corrected chi connectivity index (χ4v) is 2.90. The van der Waals surface area contributed by atoms with Gasteiger partial charge >= 0.3 is 5.97 Å². The van der Waals surface area contributed by atoms with Crippen LogP contribution < -0.4 is 5.32 Å². The number of likely N-dealkylation sites (tertiary alicyclic amines) is 1. The highest BCUT2D eigenvalue weighted by atomic mass is 16.5. The van der Waals surface area contributed by atoms with Crippen molar-refractivity contribution in [2.45, 2.75) is 50.2 Å². The Morgan fingerprint density at radius 3 is 2.65 bits per heavy atom. The lowest BCUT2D eigenvalue weighted by Crippen LogP contribution is -2.46. The number of nitrogens with zero attached hydrogens (tertiary/aromatic N) is 1. The van der Waals surface area contributed by atoms with E-state index < -0.39 is 0 Å². The summed E-state index contributed by atoms with van der Waals surface area (Å²) in [7, 11) is 1.49. The van der Waals surface area contributed by atoms with Gasteiger partial charge in [-0.1, -0.05) is 0 Å². The summed E-state index contributed by atoms with van der Waals surface area (Å²) in [6.45, 7) is 2.31. The molecule has 0 aromatic rings. The highest BCUT2D eigenvalue weighted by Gasteiger charge is 2.40. The van der Waals surface area contributed by atoms with Gasteiger partial charge in [-0.25, -0.2) is 0 Å². The third-order valence-electron chi connectivity index (χ3n) is 4.25. The Morgan fingerprint density at radius 2 is 2.06 bits per heavy atom. The molecule has 4 nitrogen and oxygen atoms in total. The summed E-state index contributed by atoms with van der Waals surface area (Å²) in [6.07, 6.45) is 6.26. The maximum Gasteiger partial charge on any atom is 0.323 e. The van der Waals surface area contributed by atoms with Gasteiger partial charge in [0.25, 0.3) is 0 Å². The molecule has 1 N–H and O–H groups in total. The Hall–Kier alpha value is -0.610. The van der Waals surface area contributed by atoms with Gasteiger partial charge in [-0.05, 0) is 38.0 Å². The molecule has 0 amide bonds. The molecule has 3 aliphatic rings. The molecule has 96 valence electrons. The largest absolute Gasteiger partial charge is 0.468 e. The first-order chi connectivity index (χ1) is 8.28. The third-order valence-corrected chi connectivity index (χ3v) is 4.25. The average Bonchev–Trinajstić information content (AvgIpc) is 3.25. The predicted molar refractivity (Wildman–Crippen MR) is 64.7 cm³/mol. The molecule has 0 radical (unpaired) electrons. The van der Waals surface area contributed by atoms with Crippen molar-refractivity contribution in [2.75, 3.05) is 20.2 Å². The number of carbonyl (C=O) groups excluding carboxylic acids is 1. The van der Waals surface area contributed by atoms with Gasteiger partial charge < -0.3 is 10.1 Å². The van der Waals surface area contributed by atoms with Crippen molar-refractivity contribution in [1.29, 1.82) is 0 Å². The number of methoxy groups -OCH3 is 1. The van der Waals surface area contributed by atoms with Crippen molar-refractivity contribution in [3.63, 3.8) is 0 Å². The SMILES string of the molecule is COC(=O)C(NC1CCN(C2CC2)C1)C1CC1. The van der Waals surface area contributed by atoms with Gasteiger partial charge in [0.05, 0.1) is 7.11 Å². The van der Waals surface area contributed by atoms with Crippen molar-refractivity contribution >= 4 is 5.97 Å². The molecular formula is C13H22N2O2. The van der Waals surface area contributed by atoms with Crippen LogP contribution in [0.5, 0.6) is 0 Å². The number of rotatable bonds is 5. The first-order valence-corrected chi connectivity index (χ1v) is 6.86. The standard InChI is InChI=1S/C13H22N2O2/c1-17-13(16)12(9-2-3-9)14-10-6-7-15(8-10)11-4-5-11/h9-12,14H,2-8H2,1H3. The van der Waals surface area contributed by atoms with E-state index in [-0.39, 0.29) is 12.0 Å². The Balaban J connectivity index is 1.52. The number of ether oxygens (including phenoxy) is 1. The molecule has 2 atom stereocenters. The molecule has 1 heterocycles. The van der Waals surface area contributed by atoms with Gasteiger partial charge in [0.2, 0.25) is 0 Å². The van der Waals surface area contributed by atoms with E-state index in [2.05, 4.69) is 10.2 Å². The molecule has 3 fully saturated rings. The van der Waals surface area contributed by atoms with Gasteiger partial charge in [0, 0.05) is 25.2 Å². The third kappa shape index (κ3) is 2.63. The monoisotopic (exact) mass is 238 g/mol. The normalized spacial score (nSPS) is 31.5. The highest BCUT2D eigenvalue weighted by Crippen LogP contribution is 2.34. The Bertz CT molecular complexity index is 300. The summed E-state index contributed by atoms with van der Waals surface area (Å²) in [6, 6.07) is 1.28. The van der Waals surface area contributed by atoms with Crippen molar-refractivity contribution in [3.8, 4) is 0 Å². The molecule has 2 aliphatic carbocycles. The van der Waals surface area contributed by atoms with Crippen LogP contribution in [0.4, 0.5) is 0 Å². The minimum absolute atomic E-state index is 0.0517. The van der Waals surface area contributed by atoms with Crippen LogP contribution in [0.3, 0.4) is 0 Å². The molecule has 0 aromatic carbocycles. The molecular weight excluding hydrogens is 216 g/mol. The van der Waals surface area contributed by atoms with E-state index in [0.29, 0.717) is 12.0 Å². The summed E-state index contributed by atoms with van der Waals surface area (Å²) in [5, 5.41) is 3.52. The molecule has 1 saturated heterocycles. The molecule has 17 heavy (non-hydrogen) atoms. The van der Waals surface area contributed by atoms with Crippen LogP contribution in [-0.2, 0) is 9.53 Å². The van der Waals surface area contributed by atoms with E-state index in [1.165, 1.54) is 45.8 Å². The van der Waals surface area contributed by atoms with Crippen LogP contribution in [0.1, 0.15) is 32.1 Å². The van der Waals surface area contributed by atoms with Crippen LogP contribution >= 0.6 is 0 Å². The maximum absolute atomic E-state index is 11.7. The molecule has 0 aromatic heterocycles. The predicted octanol–water partition coefficient (Wildman–Crippen LogP) is 0.764. The van der Waals surface area contributed by atoms with Gasteiger partial charge in [0.1, 0.15) is 6.04 Å². The summed E-state index contributed by atoms with van der Waals surface area (Å²) >= 11 is 0. The van der Waals surface area contributed by atoms with E-state index >= 15 is 0 Å². The molecule has 1 aliphatic heterocycles. The Kier molecular flexibility index (Phi) is 3.09. The van der Waals surface area contributed by atoms with E-state index in [1.807, 2.05) is 0 Å². The van der Waals surface area contributed by atoms with Crippen LogP contribution in [0, 0.1) is 5.92 Å². The van der Waals surface area contributed by atoms with Gasteiger partial charge in [-0.2, -0.15) is 0 Å². The quantitative estimate of drug-likeness (QED) is 0.718. The van der Waals surface area contributed by atoms with Crippen LogP contribution in [0.25, 0.3) is 0 Å². The zero-order chi connectivity index (χ0) is 11.8. The van der Waals surface area contributed by atoms with Crippen LogP contribution in [0.15, 0.2) is 0 Å². The minimum atomic E-state index is -0.0719. The van der Waals surface area contributed by atoms with Crippen molar-refractivity contribution in [2.24, 2.45) is 5.92 Å². The second-order valence-corrected chi connectivity index (χ2v) is 5.72. The number of esters is 1. The minimum Gasteiger partial charge on any atom is -0.468 e. The zero-order valence-electron chi connectivity index (χ0n) is 10.5. The molecule has 2 saturated carbocycles. The van der Waals surface area contributed by atoms with Gasteiger partial charge in [0.15, 0.2) is 0 Å². The first-order valence-electron chi connectivity index (χ1n) is 6.86. The Labute approximate surface area is 103 Å². The second-order valence-electron chi connectivity index (χ2n) is 5.72. The Morgan fingerprint density at radius 1 is 1.29 bits per heavy atom. The van der Waals surface area contributed by atoms with Crippen molar-refractivity contribution in [1.82, 2.24) is 10.2 Å².